The first kappa shape index (κ1) is 10.7. The lowest BCUT2D eigenvalue weighted by Gasteiger charge is -2.13. The maximum atomic E-state index is 11.9. The number of carbonyl (C=O) groups is 2. The highest BCUT2D eigenvalue weighted by Crippen LogP contribution is 2.65. The molecule has 2 heterocycles. The number of carbonyl (C=O) groups excluding carboxylic acids is 2. The molecule has 2 bridgehead atoms. The fourth-order valence-electron chi connectivity index (χ4n) is 2.93. The van der Waals surface area contributed by atoms with Crippen molar-refractivity contribution in [3.63, 3.8) is 0 Å². The van der Waals surface area contributed by atoms with E-state index in [1.54, 1.807) is 6.92 Å². The number of fused-ring (bicyclic) bond motifs is 4. The van der Waals surface area contributed by atoms with Gasteiger partial charge in [-0.2, -0.15) is 5.26 Å². The molecule has 1 saturated carbocycles. The number of esters is 1. The van der Waals surface area contributed by atoms with Crippen LogP contribution in [0.1, 0.15) is 6.92 Å². The Kier molecular flexibility index (Phi) is 2.06. The minimum absolute atomic E-state index is 0.196. The number of ketones is 1. The van der Waals surface area contributed by atoms with Crippen LogP contribution < -0.4 is 0 Å². The SMILES string of the molecule is CCOC(=O)[C@]1(C#N)C2C(=O)[C@@H]3OC[C@@H](O3)C21. The standard InChI is InChI=1S/C11H11NO5/c1-2-15-10(14)11(4-12)6-5-3-16-9(17-5)8(13)7(6)11/h5-7,9H,2-3H2,1H3/t5-,6?,7?,9-,11+/m1/s1. The Morgan fingerprint density at radius 3 is 3.12 bits per heavy atom. The lowest BCUT2D eigenvalue weighted by atomic mass is 10.0. The van der Waals surface area contributed by atoms with Crippen molar-refractivity contribution in [2.45, 2.75) is 19.3 Å². The molecule has 3 aliphatic rings. The fraction of sp³-hybridized carbons (Fsp3) is 0.727. The van der Waals surface area contributed by atoms with Gasteiger partial charge in [0.1, 0.15) is 0 Å². The van der Waals surface area contributed by atoms with Gasteiger partial charge >= 0.3 is 5.97 Å². The lowest BCUT2D eigenvalue weighted by Crippen LogP contribution is -2.30. The van der Waals surface area contributed by atoms with Gasteiger partial charge in [0.25, 0.3) is 0 Å². The van der Waals surface area contributed by atoms with Gasteiger partial charge in [-0.25, -0.2) is 0 Å². The van der Waals surface area contributed by atoms with Gasteiger partial charge < -0.3 is 14.2 Å². The van der Waals surface area contributed by atoms with E-state index in [4.69, 9.17) is 14.2 Å². The van der Waals surface area contributed by atoms with Crippen molar-refractivity contribution in [1.29, 1.82) is 5.26 Å². The van der Waals surface area contributed by atoms with Crippen molar-refractivity contribution in [2.75, 3.05) is 13.2 Å². The Hall–Kier alpha value is -1.45. The van der Waals surface area contributed by atoms with Gasteiger partial charge in [0.15, 0.2) is 11.2 Å². The normalized spacial score (nSPS) is 46.0. The summed E-state index contributed by atoms with van der Waals surface area (Å²) in [6, 6.07) is 1.96. The zero-order chi connectivity index (χ0) is 12.2. The van der Waals surface area contributed by atoms with E-state index in [0.29, 0.717) is 0 Å². The van der Waals surface area contributed by atoms with E-state index in [1.165, 1.54) is 0 Å². The molecular formula is C11H11NO5. The van der Waals surface area contributed by atoms with Crippen LogP contribution in [0.4, 0.5) is 0 Å². The average Bonchev–Trinajstić information content (AvgIpc) is 2.84. The van der Waals surface area contributed by atoms with Crippen LogP contribution in [0.25, 0.3) is 0 Å². The molecule has 2 saturated heterocycles. The molecule has 0 amide bonds. The summed E-state index contributed by atoms with van der Waals surface area (Å²) in [6.07, 6.45) is -1.24. The number of hydrogen-bond acceptors (Lipinski definition) is 6. The third-order valence-electron chi connectivity index (χ3n) is 3.71. The molecule has 6 nitrogen and oxygen atoms in total. The van der Waals surface area contributed by atoms with E-state index >= 15 is 0 Å². The van der Waals surface area contributed by atoms with Crippen LogP contribution in [-0.4, -0.2) is 37.4 Å². The lowest BCUT2D eigenvalue weighted by molar-refractivity contribution is -0.154. The zero-order valence-electron chi connectivity index (χ0n) is 9.21. The average molecular weight is 237 g/mol. The van der Waals surface area contributed by atoms with Gasteiger partial charge in [-0.3, -0.25) is 9.59 Å². The monoisotopic (exact) mass is 237 g/mol. The molecule has 0 spiro atoms. The molecule has 2 unspecified atom stereocenters. The van der Waals surface area contributed by atoms with Crippen molar-refractivity contribution in [2.24, 2.45) is 17.3 Å². The third-order valence-corrected chi connectivity index (χ3v) is 3.71. The molecule has 0 N–H and O–H groups in total. The Labute approximate surface area is 97.4 Å². The van der Waals surface area contributed by atoms with E-state index in [1.807, 2.05) is 6.07 Å². The van der Waals surface area contributed by atoms with Crippen molar-refractivity contribution >= 4 is 11.8 Å². The second-order valence-electron chi connectivity index (χ2n) is 4.45. The summed E-state index contributed by atoms with van der Waals surface area (Å²) in [5.41, 5.74) is -1.34. The van der Waals surface area contributed by atoms with Crippen molar-refractivity contribution < 1.29 is 23.8 Å². The number of rotatable bonds is 2. The van der Waals surface area contributed by atoms with E-state index < -0.39 is 29.5 Å². The summed E-state index contributed by atoms with van der Waals surface area (Å²) >= 11 is 0. The topological polar surface area (TPSA) is 85.6 Å². The van der Waals surface area contributed by atoms with E-state index in [2.05, 4.69) is 0 Å². The molecule has 3 rings (SSSR count). The van der Waals surface area contributed by atoms with Gasteiger partial charge in [0, 0.05) is 5.92 Å². The minimum atomic E-state index is -1.34. The second-order valence-corrected chi connectivity index (χ2v) is 4.45. The third kappa shape index (κ3) is 1.10. The highest BCUT2D eigenvalue weighted by atomic mass is 16.7. The maximum Gasteiger partial charge on any atom is 0.327 e. The minimum Gasteiger partial charge on any atom is -0.465 e. The van der Waals surface area contributed by atoms with Gasteiger partial charge in [0.05, 0.1) is 31.3 Å². The van der Waals surface area contributed by atoms with Gasteiger partial charge in [0.2, 0.25) is 6.29 Å². The predicted octanol–water partition coefficient (Wildman–Crippen LogP) is -0.370. The van der Waals surface area contributed by atoms with Crippen molar-refractivity contribution in [1.82, 2.24) is 0 Å². The molecule has 3 fully saturated rings. The summed E-state index contributed by atoms with van der Waals surface area (Å²) in [5.74, 6) is -1.93. The van der Waals surface area contributed by atoms with Crippen molar-refractivity contribution in [3.05, 3.63) is 0 Å². The summed E-state index contributed by atoms with van der Waals surface area (Å²) < 4.78 is 15.4. The van der Waals surface area contributed by atoms with Crippen LogP contribution in [0, 0.1) is 28.6 Å². The van der Waals surface area contributed by atoms with Crippen LogP contribution in [0.15, 0.2) is 0 Å². The Morgan fingerprint density at radius 2 is 2.47 bits per heavy atom. The highest BCUT2D eigenvalue weighted by molar-refractivity contribution is 6.00. The Balaban J connectivity index is 1.94. The largest absolute Gasteiger partial charge is 0.465 e. The first-order valence-corrected chi connectivity index (χ1v) is 5.56. The van der Waals surface area contributed by atoms with Gasteiger partial charge in [-0.15, -0.1) is 0 Å². The van der Waals surface area contributed by atoms with Crippen LogP contribution in [0.5, 0.6) is 0 Å². The van der Waals surface area contributed by atoms with Crippen LogP contribution in [0.3, 0.4) is 0 Å². The molecule has 0 aromatic rings. The summed E-state index contributed by atoms with van der Waals surface area (Å²) in [4.78, 5) is 23.8. The highest BCUT2D eigenvalue weighted by Gasteiger charge is 2.81. The van der Waals surface area contributed by atoms with E-state index in [9.17, 15) is 14.9 Å². The second kappa shape index (κ2) is 3.28. The van der Waals surface area contributed by atoms with Crippen LogP contribution in [-0.2, 0) is 23.8 Å². The van der Waals surface area contributed by atoms with Crippen LogP contribution >= 0.6 is 0 Å². The van der Waals surface area contributed by atoms with Crippen LogP contribution in [0.2, 0.25) is 0 Å². The number of Topliss-reactive ketones (excluding diaryl/α,β-unsaturated/α-hetero) is 1. The molecule has 17 heavy (non-hydrogen) atoms. The number of nitriles is 1. The van der Waals surface area contributed by atoms with Gasteiger partial charge in [-0.1, -0.05) is 0 Å². The molecule has 90 valence electrons. The Morgan fingerprint density at radius 1 is 1.71 bits per heavy atom. The Bertz CT molecular complexity index is 442. The summed E-state index contributed by atoms with van der Waals surface area (Å²) in [7, 11) is 0. The summed E-state index contributed by atoms with van der Waals surface area (Å²) in [5, 5.41) is 9.23. The van der Waals surface area contributed by atoms with E-state index in [-0.39, 0.29) is 25.1 Å². The molecule has 2 aliphatic heterocycles. The maximum absolute atomic E-state index is 11.9. The fourth-order valence-corrected chi connectivity index (χ4v) is 2.93. The zero-order valence-corrected chi connectivity index (χ0v) is 9.21. The number of ether oxygens (including phenoxy) is 3. The molecule has 1 aliphatic carbocycles. The van der Waals surface area contributed by atoms with Gasteiger partial charge in [-0.05, 0) is 6.92 Å². The smallest absolute Gasteiger partial charge is 0.327 e. The first-order valence-electron chi connectivity index (χ1n) is 5.56. The van der Waals surface area contributed by atoms with E-state index in [0.717, 1.165) is 0 Å². The molecule has 6 heteroatoms. The number of hydrogen-bond donors (Lipinski definition) is 0. The quantitative estimate of drug-likeness (QED) is 0.609. The summed E-state index contributed by atoms with van der Waals surface area (Å²) in [6.45, 7) is 2.13. The molecule has 0 aromatic heterocycles. The first-order chi connectivity index (χ1) is 8.16. The van der Waals surface area contributed by atoms with Crippen molar-refractivity contribution in [3.8, 4) is 6.07 Å². The molecule has 0 aromatic carbocycles. The number of nitrogens with zero attached hydrogens (tertiary/aromatic N) is 1. The predicted molar refractivity (Wildman–Crippen MR) is 51.3 cm³/mol. The molecule has 5 atom stereocenters. The molecule has 0 radical (unpaired) electrons. The molecular weight excluding hydrogens is 226 g/mol.